The second kappa shape index (κ2) is 11.5. The molecule has 0 aromatic rings. The molecule has 0 saturated carbocycles. The normalized spacial score (nSPS) is 11.7. The number of hydroxylamine groups is 8. The third kappa shape index (κ3) is 10.1. The van der Waals surface area contributed by atoms with Crippen LogP contribution in [0.3, 0.4) is 0 Å². The molecule has 0 aromatic heterocycles. The van der Waals surface area contributed by atoms with Gasteiger partial charge in [-0.05, 0) is 0 Å². The van der Waals surface area contributed by atoms with Crippen LogP contribution in [0.1, 0.15) is 15.7 Å². The summed E-state index contributed by atoms with van der Waals surface area (Å²) in [4.78, 5) is 36.5. The number of nitrogens with zero attached hydrogens (tertiary/aromatic N) is 2. The zero-order valence-corrected chi connectivity index (χ0v) is 18.0. The first kappa shape index (κ1) is 30.4. The fourth-order valence-corrected chi connectivity index (χ4v) is 2.14. The molecule has 0 rings (SSSR count). The van der Waals surface area contributed by atoms with Gasteiger partial charge in [-0.15, -0.1) is 0 Å². The Kier molecular flexibility index (Phi) is 13.4. The van der Waals surface area contributed by atoms with Crippen LogP contribution in [0.2, 0.25) is 0 Å². The summed E-state index contributed by atoms with van der Waals surface area (Å²) in [5.41, 5.74) is -3.23. The monoisotopic (exact) mass is 402 g/mol. The summed E-state index contributed by atoms with van der Waals surface area (Å²) in [6.45, 7) is -5.49. The van der Waals surface area contributed by atoms with E-state index in [0.29, 0.717) is 0 Å². The molecule has 0 aliphatic rings. The van der Waals surface area contributed by atoms with Crippen molar-refractivity contribution in [3.63, 3.8) is 0 Å². The average molecular weight is 402 g/mol. The second-order valence-electron chi connectivity index (χ2n) is 5.12. The van der Waals surface area contributed by atoms with Crippen LogP contribution < -0.4 is 59.1 Å². The summed E-state index contributed by atoms with van der Waals surface area (Å²) < 4.78 is 0. The van der Waals surface area contributed by atoms with Gasteiger partial charge in [0.05, 0.1) is 0 Å². The minimum atomic E-state index is -3.30. The Morgan fingerprint density at radius 1 is 0.731 bits per heavy atom. The fraction of sp³-hybridized carbons (Fsp3) is 0.600. The minimum Gasteiger partial charge on any atom is -1.00 e. The van der Waals surface area contributed by atoms with Crippen LogP contribution in [0, 0.1) is 20.8 Å². The van der Waals surface area contributed by atoms with Gasteiger partial charge < -0.3 is 53.7 Å². The molecule has 0 aliphatic heterocycles. The van der Waals surface area contributed by atoms with E-state index < -0.39 is 71.5 Å². The molecule has 142 valence electrons. The quantitative estimate of drug-likeness (QED) is 0.143. The van der Waals surface area contributed by atoms with Crippen LogP contribution >= 0.6 is 0 Å². The molecule has 0 aromatic carbocycles. The van der Waals surface area contributed by atoms with Crippen molar-refractivity contribution in [1.29, 1.82) is 0 Å². The van der Waals surface area contributed by atoms with Gasteiger partial charge in [0.15, 0.2) is 18.6 Å². The van der Waals surface area contributed by atoms with E-state index in [1.807, 2.05) is 0 Å². The van der Waals surface area contributed by atoms with Crippen LogP contribution in [0.25, 0.3) is 0 Å². The molecule has 0 radical (unpaired) electrons. The van der Waals surface area contributed by atoms with Gasteiger partial charge in [0, 0.05) is 0 Å². The number of quaternary nitrogens is 2. The van der Waals surface area contributed by atoms with E-state index >= 15 is 0 Å². The van der Waals surface area contributed by atoms with Gasteiger partial charge in [-0.25, -0.2) is 9.59 Å². The second-order valence-corrected chi connectivity index (χ2v) is 5.12. The van der Waals surface area contributed by atoms with Crippen molar-refractivity contribution in [3.8, 4) is 0 Å². The zero-order chi connectivity index (χ0) is 19.3. The predicted molar refractivity (Wildman–Crippen MR) is 73.3 cm³/mol. The number of carboxylic acid groups (broad SMARTS) is 4. The zero-order valence-electron chi connectivity index (χ0n) is 16.0. The predicted octanol–water partition coefficient (Wildman–Crippen LogP) is -7.30. The molecule has 0 aliphatic carbocycles. The SMILES string of the molecule is O=C(O)CC(CC(=O)O)(C[N+]([O-])([O-])CC(=O)O)[N+]([O-])([O-])CC(=O)O.[H-].[H-].[Na+].[Na+]. The summed E-state index contributed by atoms with van der Waals surface area (Å²) in [5.74, 6) is -7.89. The Bertz CT molecular complexity index is 532. The topological polar surface area (TPSA) is 241 Å². The molecule has 0 bridgehead atoms. The Morgan fingerprint density at radius 3 is 1.35 bits per heavy atom. The maximum atomic E-state index is 12.0. The van der Waals surface area contributed by atoms with Crippen molar-refractivity contribution >= 4 is 23.9 Å². The minimum absolute atomic E-state index is 0. The van der Waals surface area contributed by atoms with Crippen LogP contribution in [0.4, 0.5) is 0 Å². The molecular weight excluding hydrogens is 386 g/mol. The summed E-state index contributed by atoms with van der Waals surface area (Å²) >= 11 is 0. The molecule has 0 heterocycles. The standard InChI is InChI=1S/C10H14N2O12.2Na.2H/c13-6(14)1-10(2-7(15)16,12(23,24)4-9(19)20)5-11(21,22)3-8(17)18;;;;/h1-5H2,(H,13,14)(H,15,16)(H,17,18)(H,19,20);;;;/q-2;2*+1;2*-1. The van der Waals surface area contributed by atoms with Crippen LogP contribution in [0.5, 0.6) is 0 Å². The van der Waals surface area contributed by atoms with Gasteiger partial charge in [-0.3, -0.25) is 9.59 Å². The van der Waals surface area contributed by atoms with Crippen LogP contribution in [-0.2, 0) is 19.2 Å². The van der Waals surface area contributed by atoms with Crippen molar-refractivity contribution in [3.05, 3.63) is 20.8 Å². The van der Waals surface area contributed by atoms with Gasteiger partial charge >= 0.3 is 83.0 Å². The van der Waals surface area contributed by atoms with Gasteiger partial charge in [0.25, 0.3) is 0 Å². The van der Waals surface area contributed by atoms with Crippen LogP contribution in [0.15, 0.2) is 0 Å². The molecule has 0 spiro atoms. The van der Waals surface area contributed by atoms with Crippen LogP contribution in [-0.4, -0.2) is 79.1 Å². The fourth-order valence-electron chi connectivity index (χ4n) is 2.14. The van der Waals surface area contributed by atoms with E-state index in [1.54, 1.807) is 0 Å². The molecule has 4 N–H and O–H groups in total. The van der Waals surface area contributed by atoms with Gasteiger partial charge in [0.2, 0.25) is 0 Å². The van der Waals surface area contributed by atoms with Gasteiger partial charge in [-0.1, -0.05) is 0 Å². The molecular formula is C10H16N2Na2O12-2. The molecule has 0 atom stereocenters. The Hall–Kier alpha value is -0.360. The molecule has 26 heavy (non-hydrogen) atoms. The summed E-state index contributed by atoms with van der Waals surface area (Å²) in [6, 6.07) is 0. The van der Waals surface area contributed by atoms with Crippen molar-refractivity contribution in [2.45, 2.75) is 18.4 Å². The summed E-state index contributed by atoms with van der Waals surface area (Å²) in [7, 11) is 0. The summed E-state index contributed by atoms with van der Waals surface area (Å²) in [5, 5.41) is 81.8. The first-order valence-electron chi connectivity index (χ1n) is 6.09. The molecule has 0 fully saturated rings. The number of rotatable bonds is 11. The Labute approximate surface area is 193 Å². The third-order valence-electron chi connectivity index (χ3n) is 2.94. The third-order valence-corrected chi connectivity index (χ3v) is 2.94. The molecule has 0 saturated heterocycles. The first-order chi connectivity index (χ1) is 10.6. The average Bonchev–Trinajstić information content (AvgIpc) is 2.20. The largest absolute Gasteiger partial charge is 1.00 e. The maximum Gasteiger partial charge on any atom is 1.00 e. The van der Waals surface area contributed by atoms with Crippen molar-refractivity contribution < 1.29 is 111 Å². The van der Waals surface area contributed by atoms with Gasteiger partial charge in [-0.2, -0.15) is 0 Å². The number of hydrogen-bond donors (Lipinski definition) is 4. The van der Waals surface area contributed by atoms with Crippen molar-refractivity contribution in [1.82, 2.24) is 0 Å². The number of carbonyl (C=O) groups is 4. The van der Waals surface area contributed by atoms with E-state index in [0.717, 1.165) is 0 Å². The van der Waals surface area contributed by atoms with E-state index in [1.165, 1.54) is 0 Å². The Morgan fingerprint density at radius 2 is 1.08 bits per heavy atom. The van der Waals surface area contributed by atoms with Gasteiger partial charge in [0.1, 0.15) is 19.4 Å². The maximum absolute atomic E-state index is 12.0. The summed E-state index contributed by atoms with van der Waals surface area (Å²) in [6.07, 6.45) is -3.24. The number of hydrogen-bond acceptors (Lipinski definition) is 8. The molecule has 0 unspecified atom stereocenters. The van der Waals surface area contributed by atoms with Crippen molar-refractivity contribution in [2.24, 2.45) is 0 Å². The Balaban J connectivity index is -0.000000441. The van der Waals surface area contributed by atoms with E-state index in [9.17, 15) is 40.0 Å². The van der Waals surface area contributed by atoms with E-state index in [4.69, 9.17) is 20.4 Å². The first-order valence-corrected chi connectivity index (χ1v) is 6.09. The molecule has 0 amide bonds. The molecule has 14 nitrogen and oxygen atoms in total. The number of carboxylic acids is 4. The van der Waals surface area contributed by atoms with E-state index in [2.05, 4.69) is 0 Å². The van der Waals surface area contributed by atoms with Crippen molar-refractivity contribution in [2.75, 3.05) is 19.6 Å². The molecule has 16 heteroatoms. The van der Waals surface area contributed by atoms with E-state index in [-0.39, 0.29) is 62.0 Å². The number of aliphatic carboxylic acids is 4. The smallest absolute Gasteiger partial charge is 1.00 e.